The number of hydrogen-bond acceptors (Lipinski definition) is 4. The molecule has 1 aliphatic rings. The summed E-state index contributed by atoms with van der Waals surface area (Å²) in [7, 11) is 0. The van der Waals surface area contributed by atoms with Crippen LogP contribution in [-0.2, 0) is 16.1 Å². The zero-order valence-electron chi connectivity index (χ0n) is 17.4. The van der Waals surface area contributed by atoms with Gasteiger partial charge in [-0.15, -0.1) is 11.8 Å². The zero-order chi connectivity index (χ0) is 21.0. The topological polar surface area (TPSA) is 46.6 Å². The minimum Gasteiger partial charge on any atom is -0.493 e. The van der Waals surface area contributed by atoms with Crippen molar-refractivity contribution in [3.8, 4) is 5.75 Å². The van der Waals surface area contributed by atoms with Gasteiger partial charge < -0.3 is 4.74 Å². The Morgan fingerprint density at radius 2 is 1.62 bits per heavy atom. The van der Waals surface area contributed by atoms with E-state index < -0.39 is 0 Å². The summed E-state index contributed by atoms with van der Waals surface area (Å²) in [5.41, 5.74) is 3.33. The number of nitrogens with zero attached hydrogens (tertiary/aromatic N) is 1. The lowest BCUT2D eigenvalue weighted by atomic mass is 10.1. The number of amides is 2. The second-order valence-corrected chi connectivity index (χ2v) is 8.82. The first kappa shape index (κ1) is 21.2. The molecular formula is C24H27NO3S. The molecular weight excluding hydrogens is 382 g/mol. The number of ether oxygens (including phenoxy) is 1. The molecule has 3 rings (SSSR count). The van der Waals surface area contributed by atoms with E-state index in [1.165, 1.54) is 16.7 Å². The van der Waals surface area contributed by atoms with E-state index in [0.29, 0.717) is 23.0 Å². The third-order valence-corrected chi connectivity index (χ3v) is 5.56. The molecule has 152 valence electrons. The summed E-state index contributed by atoms with van der Waals surface area (Å²) in [6.07, 6.45) is 0. The van der Waals surface area contributed by atoms with Crippen molar-refractivity contribution in [2.75, 3.05) is 12.4 Å². The van der Waals surface area contributed by atoms with Crippen molar-refractivity contribution in [1.29, 1.82) is 0 Å². The molecule has 0 N–H and O–H groups in total. The molecule has 0 fully saturated rings. The van der Waals surface area contributed by atoms with Gasteiger partial charge in [-0.1, -0.05) is 62.7 Å². The first-order chi connectivity index (χ1) is 13.9. The molecule has 1 aliphatic heterocycles. The Bertz CT molecular complexity index is 914. The predicted octanol–water partition coefficient (Wildman–Crippen LogP) is 5.06. The SMILES string of the molecule is CCSC1=C(c2ccc(OCC(C)C)cc2)C(=O)N(Cc2ccc(C)cc2)C1=O. The highest BCUT2D eigenvalue weighted by molar-refractivity contribution is 8.04. The molecule has 2 amide bonds. The van der Waals surface area contributed by atoms with Crippen molar-refractivity contribution in [3.63, 3.8) is 0 Å². The van der Waals surface area contributed by atoms with Crippen LogP contribution in [0.2, 0.25) is 0 Å². The van der Waals surface area contributed by atoms with Crippen LogP contribution in [0.4, 0.5) is 0 Å². The van der Waals surface area contributed by atoms with Crippen LogP contribution in [0.5, 0.6) is 5.75 Å². The van der Waals surface area contributed by atoms with Gasteiger partial charge in [0.2, 0.25) is 0 Å². The highest BCUT2D eigenvalue weighted by Crippen LogP contribution is 2.37. The Balaban J connectivity index is 1.85. The fourth-order valence-corrected chi connectivity index (χ4v) is 3.96. The lowest BCUT2D eigenvalue weighted by molar-refractivity contribution is -0.137. The van der Waals surface area contributed by atoms with Crippen molar-refractivity contribution >= 4 is 29.1 Å². The second kappa shape index (κ2) is 9.31. The first-order valence-corrected chi connectivity index (χ1v) is 10.9. The minimum absolute atomic E-state index is 0.211. The Labute approximate surface area is 176 Å². The van der Waals surface area contributed by atoms with E-state index in [0.717, 1.165) is 28.2 Å². The fraction of sp³-hybridized carbons (Fsp3) is 0.333. The molecule has 0 radical (unpaired) electrons. The van der Waals surface area contributed by atoms with Gasteiger partial charge in [-0.3, -0.25) is 14.5 Å². The summed E-state index contributed by atoms with van der Waals surface area (Å²) in [4.78, 5) is 28.1. The van der Waals surface area contributed by atoms with E-state index in [2.05, 4.69) is 13.8 Å². The van der Waals surface area contributed by atoms with Crippen LogP contribution < -0.4 is 4.74 Å². The van der Waals surface area contributed by atoms with Crippen LogP contribution >= 0.6 is 11.8 Å². The number of aryl methyl sites for hydroxylation is 1. The molecule has 0 saturated carbocycles. The van der Waals surface area contributed by atoms with Crippen molar-refractivity contribution in [2.45, 2.75) is 34.2 Å². The van der Waals surface area contributed by atoms with Crippen LogP contribution in [0.15, 0.2) is 53.4 Å². The van der Waals surface area contributed by atoms with Crippen molar-refractivity contribution < 1.29 is 14.3 Å². The van der Waals surface area contributed by atoms with E-state index in [9.17, 15) is 9.59 Å². The molecule has 0 unspecified atom stereocenters. The molecule has 29 heavy (non-hydrogen) atoms. The van der Waals surface area contributed by atoms with E-state index in [4.69, 9.17) is 4.74 Å². The molecule has 2 aromatic rings. The lowest BCUT2D eigenvalue weighted by Gasteiger charge is -2.15. The van der Waals surface area contributed by atoms with Crippen molar-refractivity contribution in [2.24, 2.45) is 5.92 Å². The Hall–Kier alpha value is -2.53. The maximum absolute atomic E-state index is 13.2. The summed E-state index contributed by atoms with van der Waals surface area (Å²) >= 11 is 1.43. The van der Waals surface area contributed by atoms with Gasteiger partial charge in [0.15, 0.2) is 0 Å². The van der Waals surface area contributed by atoms with Crippen LogP contribution in [0.1, 0.15) is 37.5 Å². The highest BCUT2D eigenvalue weighted by atomic mass is 32.2. The van der Waals surface area contributed by atoms with Crippen molar-refractivity contribution in [3.05, 3.63) is 70.1 Å². The van der Waals surface area contributed by atoms with E-state index >= 15 is 0 Å². The largest absolute Gasteiger partial charge is 0.493 e. The summed E-state index contributed by atoms with van der Waals surface area (Å²) in [6, 6.07) is 15.4. The van der Waals surface area contributed by atoms with Gasteiger partial charge in [-0.05, 0) is 41.9 Å². The monoisotopic (exact) mass is 409 g/mol. The third-order valence-electron chi connectivity index (χ3n) is 4.60. The number of carbonyl (C=O) groups is 2. The first-order valence-electron chi connectivity index (χ1n) is 9.92. The second-order valence-electron chi connectivity index (χ2n) is 7.55. The molecule has 0 atom stereocenters. The predicted molar refractivity (Wildman–Crippen MR) is 119 cm³/mol. The summed E-state index contributed by atoms with van der Waals surface area (Å²) in [6.45, 7) is 9.11. The van der Waals surface area contributed by atoms with Crippen LogP contribution in [0, 0.1) is 12.8 Å². The highest BCUT2D eigenvalue weighted by Gasteiger charge is 2.38. The lowest BCUT2D eigenvalue weighted by Crippen LogP contribution is -2.30. The maximum Gasteiger partial charge on any atom is 0.268 e. The van der Waals surface area contributed by atoms with Gasteiger partial charge in [0.05, 0.1) is 23.6 Å². The number of benzene rings is 2. The van der Waals surface area contributed by atoms with Gasteiger partial charge in [-0.2, -0.15) is 0 Å². The fourth-order valence-electron chi connectivity index (χ4n) is 3.09. The number of imide groups is 1. The molecule has 5 heteroatoms. The van der Waals surface area contributed by atoms with Crippen molar-refractivity contribution in [1.82, 2.24) is 4.90 Å². The molecule has 4 nitrogen and oxygen atoms in total. The van der Waals surface area contributed by atoms with Crippen LogP contribution in [0.3, 0.4) is 0 Å². The van der Waals surface area contributed by atoms with E-state index in [1.54, 1.807) is 0 Å². The number of thioether (sulfide) groups is 1. The number of rotatable bonds is 8. The van der Waals surface area contributed by atoms with Crippen LogP contribution in [0.25, 0.3) is 5.57 Å². The summed E-state index contributed by atoms with van der Waals surface area (Å²) < 4.78 is 5.73. The molecule has 0 bridgehead atoms. The van der Waals surface area contributed by atoms with Gasteiger partial charge in [0, 0.05) is 0 Å². The molecule has 1 heterocycles. The minimum atomic E-state index is -0.234. The molecule has 0 aromatic heterocycles. The van der Waals surface area contributed by atoms with E-state index in [1.807, 2.05) is 62.4 Å². The average Bonchev–Trinajstić information content (AvgIpc) is 2.93. The smallest absolute Gasteiger partial charge is 0.268 e. The number of hydrogen-bond donors (Lipinski definition) is 0. The quantitative estimate of drug-likeness (QED) is 0.572. The maximum atomic E-state index is 13.2. The molecule has 0 saturated heterocycles. The Kier molecular flexibility index (Phi) is 6.80. The van der Waals surface area contributed by atoms with Gasteiger partial charge >= 0.3 is 0 Å². The Morgan fingerprint density at radius 3 is 2.21 bits per heavy atom. The van der Waals surface area contributed by atoms with Gasteiger partial charge in [0.1, 0.15) is 5.75 Å². The average molecular weight is 410 g/mol. The van der Waals surface area contributed by atoms with E-state index in [-0.39, 0.29) is 18.4 Å². The van der Waals surface area contributed by atoms with Gasteiger partial charge in [-0.25, -0.2) is 0 Å². The summed E-state index contributed by atoms with van der Waals surface area (Å²) in [5, 5.41) is 0. The summed E-state index contributed by atoms with van der Waals surface area (Å²) in [5.74, 6) is 1.49. The third kappa shape index (κ3) is 4.91. The molecule has 0 spiro atoms. The Morgan fingerprint density at radius 1 is 0.966 bits per heavy atom. The number of carbonyl (C=O) groups excluding carboxylic acids is 2. The molecule has 0 aliphatic carbocycles. The standard InChI is InChI=1S/C24H27NO3S/c1-5-29-22-21(19-10-12-20(13-11-19)28-15-16(2)3)23(26)25(24(22)27)14-18-8-6-17(4)7-9-18/h6-13,16H,5,14-15H2,1-4H3. The molecule has 2 aromatic carbocycles. The van der Waals surface area contributed by atoms with Gasteiger partial charge in [0.25, 0.3) is 11.8 Å². The zero-order valence-corrected chi connectivity index (χ0v) is 18.2. The van der Waals surface area contributed by atoms with Crippen LogP contribution in [-0.4, -0.2) is 29.1 Å². The normalized spacial score (nSPS) is 14.3.